The van der Waals surface area contributed by atoms with E-state index in [1.807, 2.05) is 47.0 Å². The largest absolute Gasteiger partial charge is 0.355 e. The summed E-state index contributed by atoms with van der Waals surface area (Å²) in [6.07, 6.45) is 4.23. The van der Waals surface area contributed by atoms with Crippen molar-refractivity contribution in [3.8, 4) is 11.3 Å². The Hall–Kier alpha value is -2.31. The van der Waals surface area contributed by atoms with Crippen LogP contribution < -0.4 is 0 Å². The van der Waals surface area contributed by atoms with Gasteiger partial charge < -0.3 is 9.42 Å². The number of amides is 1. The van der Waals surface area contributed by atoms with Crippen LogP contribution in [0.3, 0.4) is 0 Å². The highest BCUT2D eigenvalue weighted by Gasteiger charge is 2.26. The first-order chi connectivity index (χ1) is 13.2. The molecule has 1 saturated heterocycles. The van der Waals surface area contributed by atoms with Crippen LogP contribution in [0.15, 0.2) is 59.4 Å². The Kier molecular flexibility index (Phi) is 5.45. The number of benzene rings is 1. The third-order valence-corrected chi connectivity index (χ3v) is 6.21. The Bertz CT molecular complexity index is 932. The molecule has 7 heteroatoms. The molecule has 0 N–H and O–H groups in total. The molecule has 3 aromatic rings. The Morgan fingerprint density at radius 3 is 2.93 bits per heavy atom. The molecule has 0 unspecified atom stereocenters. The normalized spacial score (nSPS) is 17.5. The molecule has 1 aliphatic heterocycles. The van der Waals surface area contributed by atoms with E-state index in [1.54, 1.807) is 18.5 Å². The summed E-state index contributed by atoms with van der Waals surface area (Å²) in [4.78, 5) is 18.8. The van der Waals surface area contributed by atoms with Crippen LogP contribution in [0.1, 0.15) is 27.7 Å². The molecule has 4 rings (SSSR count). The second-order valence-electron chi connectivity index (χ2n) is 6.28. The van der Waals surface area contributed by atoms with Crippen LogP contribution in [-0.4, -0.2) is 39.8 Å². The van der Waals surface area contributed by atoms with E-state index in [0.29, 0.717) is 29.8 Å². The smallest absolute Gasteiger partial charge is 0.276 e. The highest BCUT2D eigenvalue weighted by Crippen LogP contribution is 2.38. The predicted molar refractivity (Wildman–Crippen MR) is 107 cm³/mol. The van der Waals surface area contributed by atoms with E-state index >= 15 is 0 Å². The highest BCUT2D eigenvalue weighted by atomic mass is 35.5. The summed E-state index contributed by atoms with van der Waals surface area (Å²) in [5, 5.41) is 5.04. The molecule has 1 aliphatic rings. The van der Waals surface area contributed by atoms with E-state index in [0.717, 1.165) is 28.3 Å². The van der Waals surface area contributed by atoms with Gasteiger partial charge in [0.2, 0.25) is 0 Å². The fraction of sp³-hybridized carbons (Fsp3) is 0.250. The van der Waals surface area contributed by atoms with Crippen molar-refractivity contribution in [1.82, 2.24) is 15.0 Å². The van der Waals surface area contributed by atoms with Crippen LogP contribution in [-0.2, 0) is 0 Å². The first-order valence-electron chi connectivity index (χ1n) is 8.75. The number of carbonyl (C=O) groups excluding carboxylic acids is 1. The molecule has 0 aliphatic carbocycles. The van der Waals surface area contributed by atoms with Gasteiger partial charge in [0.15, 0.2) is 11.5 Å². The van der Waals surface area contributed by atoms with Gasteiger partial charge in [-0.05, 0) is 30.2 Å². The Balaban J connectivity index is 1.46. The number of pyridine rings is 1. The summed E-state index contributed by atoms with van der Waals surface area (Å²) in [6, 6.07) is 13.3. The minimum absolute atomic E-state index is 0.103. The van der Waals surface area contributed by atoms with Crippen LogP contribution in [0.25, 0.3) is 11.3 Å². The number of aromatic nitrogens is 2. The van der Waals surface area contributed by atoms with Gasteiger partial charge in [-0.3, -0.25) is 9.78 Å². The summed E-state index contributed by atoms with van der Waals surface area (Å²) in [7, 11) is 0. The molecule has 0 bridgehead atoms. The lowest BCUT2D eigenvalue weighted by atomic mass is 10.1. The number of rotatable bonds is 3. The van der Waals surface area contributed by atoms with Crippen LogP contribution in [0, 0.1) is 0 Å². The maximum atomic E-state index is 12.9. The lowest BCUT2D eigenvalue weighted by Crippen LogP contribution is -2.33. The van der Waals surface area contributed by atoms with Gasteiger partial charge in [0.05, 0.1) is 0 Å². The van der Waals surface area contributed by atoms with Crippen molar-refractivity contribution >= 4 is 29.3 Å². The first kappa shape index (κ1) is 18.1. The summed E-state index contributed by atoms with van der Waals surface area (Å²) < 4.78 is 5.34. The number of carbonyl (C=O) groups is 1. The van der Waals surface area contributed by atoms with Gasteiger partial charge >= 0.3 is 0 Å². The highest BCUT2D eigenvalue weighted by molar-refractivity contribution is 7.99. The summed E-state index contributed by atoms with van der Waals surface area (Å²) >= 11 is 8.18. The Morgan fingerprint density at radius 2 is 2.11 bits per heavy atom. The molecular weight excluding hydrogens is 382 g/mol. The van der Waals surface area contributed by atoms with Crippen LogP contribution in [0.2, 0.25) is 5.02 Å². The molecule has 5 nitrogen and oxygen atoms in total. The molecule has 1 fully saturated rings. The third-order valence-electron chi connectivity index (χ3n) is 4.56. The van der Waals surface area contributed by atoms with Gasteiger partial charge in [-0.2, -0.15) is 11.8 Å². The minimum Gasteiger partial charge on any atom is -0.355 e. The molecule has 27 heavy (non-hydrogen) atoms. The van der Waals surface area contributed by atoms with Gasteiger partial charge in [0, 0.05) is 53.1 Å². The van der Waals surface area contributed by atoms with Crippen molar-refractivity contribution in [2.24, 2.45) is 0 Å². The molecule has 1 amide bonds. The van der Waals surface area contributed by atoms with Gasteiger partial charge in [0.25, 0.3) is 5.91 Å². The fourth-order valence-corrected chi connectivity index (χ4v) is 4.74. The predicted octanol–water partition coefficient (Wildman–Crippen LogP) is 4.71. The third kappa shape index (κ3) is 4.01. The molecule has 2 aromatic heterocycles. The van der Waals surface area contributed by atoms with E-state index < -0.39 is 0 Å². The number of thioether (sulfide) groups is 1. The summed E-state index contributed by atoms with van der Waals surface area (Å²) in [6.45, 7) is 1.34. The molecular formula is C20H18ClN3O2S. The minimum atomic E-state index is -0.103. The molecule has 0 radical (unpaired) electrons. The van der Waals surface area contributed by atoms with E-state index in [1.165, 1.54) is 0 Å². The van der Waals surface area contributed by atoms with E-state index in [9.17, 15) is 4.79 Å². The second kappa shape index (κ2) is 8.15. The Morgan fingerprint density at radius 1 is 1.22 bits per heavy atom. The zero-order chi connectivity index (χ0) is 18.6. The lowest BCUT2D eigenvalue weighted by molar-refractivity contribution is 0.0756. The van der Waals surface area contributed by atoms with E-state index in [4.69, 9.17) is 16.1 Å². The molecule has 0 spiro atoms. The summed E-state index contributed by atoms with van der Waals surface area (Å²) in [5.74, 6) is 1.30. The maximum absolute atomic E-state index is 12.9. The lowest BCUT2D eigenvalue weighted by Gasteiger charge is -2.19. The molecule has 3 heterocycles. The van der Waals surface area contributed by atoms with Crippen LogP contribution in [0.4, 0.5) is 0 Å². The fourth-order valence-electron chi connectivity index (χ4n) is 3.14. The van der Waals surface area contributed by atoms with E-state index in [-0.39, 0.29) is 5.91 Å². The average Bonchev–Trinajstić information content (AvgIpc) is 3.07. The number of nitrogens with zero attached hydrogens (tertiary/aromatic N) is 3. The zero-order valence-electron chi connectivity index (χ0n) is 14.5. The van der Waals surface area contributed by atoms with E-state index in [2.05, 4.69) is 16.2 Å². The van der Waals surface area contributed by atoms with Crippen LogP contribution >= 0.6 is 23.4 Å². The van der Waals surface area contributed by atoms with Gasteiger partial charge in [-0.1, -0.05) is 35.0 Å². The van der Waals surface area contributed by atoms with Crippen molar-refractivity contribution in [2.75, 3.05) is 18.8 Å². The monoisotopic (exact) mass is 399 g/mol. The SMILES string of the molecule is O=C(c1cc(-c2cccnc2)on1)N1CCS[C@@H](c2ccccc2Cl)CC1. The first-order valence-corrected chi connectivity index (χ1v) is 10.2. The topological polar surface area (TPSA) is 59.2 Å². The van der Waals surface area contributed by atoms with Crippen molar-refractivity contribution in [3.05, 3.63) is 71.1 Å². The number of halogens is 1. The maximum Gasteiger partial charge on any atom is 0.276 e. The van der Waals surface area contributed by atoms with Gasteiger partial charge in [0.1, 0.15) is 0 Å². The molecule has 1 aromatic carbocycles. The quantitative estimate of drug-likeness (QED) is 0.638. The van der Waals surface area contributed by atoms with Crippen molar-refractivity contribution in [3.63, 3.8) is 0 Å². The molecule has 1 atom stereocenters. The molecule has 0 saturated carbocycles. The summed E-state index contributed by atoms with van der Waals surface area (Å²) in [5.41, 5.74) is 2.27. The molecule has 138 valence electrons. The van der Waals surface area contributed by atoms with Gasteiger partial charge in [-0.15, -0.1) is 0 Å². The Labute approximate surface area is 166 Å². The average molecular weight is 400 g/mol. The standard InChI is InChI=1S/C20H18ClN3O2S/c21-16-6-2-1-5-15(16)19-7-9-24(10-11-27-19)20(25)17-12-18(26-23-17)14-4-3-8-22-13-14/h1-6,8,12-13,19H,7,9-11H2/t19-/m1/s1. The van der Waals surface area contributed by atoms with Crippen molar-refractivity contribution in [1.29, 1.82) is 0 Å². The van der Waals surface area contributed by atoms with Crippen LogP contribution in [0.5, 0.6) is 0 Å². The number of hydrogen-bond donors (Lipinski definition) is 0. The van der Waals surface area contributed by atoms with Crippen molar-refractivity contribution in [2.45, 2.75) is 11.7 Å². The number of hydrogen-bond acceptors (Lipinski definition) is 5. The zero-order valence-corrected chi connectivity index (χ0v) is 16.1. The van der Waals surface area contributed by atoms with Gasteiger partial charge in [-0.25, -0.2) is 0 Å². The second-order valence-corrected chi connectivity index (χ2v) is 8.00. The van der Waals surface area contributed by atoms with Crippen molar-refractivity contribution < 1.29 is 9.32 Å².